The van der Waals surface area contributed by atoms with Gasteiger partial charge in [-0.05, 0) is 42.3 Å². The minimum atomic E-state index is 0.0341. The number of carbonyl (C=O) groups is 1. The van der Waals surface area contributed by atoms with Gasteiger partial charge in [0.25, 0.3) is 0 Å². The maximum atomic E-state index is 12.5. The highest BCUT2D eigenvalue weighted by Gasteiger charge is 2.18. The Morgan fingerprint density at radius 2 is 2.05 bits per heavy atom. The molecule has 0 atom stereocenters. The van der Waals surface area contributed by atoms with Crippen LogP contribution in [0.25, 0.3) is 0 Å². The van der Waals surface area contributed by atoms with E-state index >= 15 is 0 Å². The summed E-state index contributed by atoms with van der Waals surface area (Å²) in [5.41, 5.74) is 3.90. The Kier molecular flexibility index (Phi) is 4.32. The van der Waals surface area contributed by atoms with Crippen LogP contribution in [0.5, 0.6) is 0 Å². The molecule has 0 bridgehead atoms. The molecule has 0 aliphatic heterocycles. The van der Waals surface area contributed by atoms with Crippen LogP contribution in [0.2, 0.25) is 0 Å². The number of nitrogens with zero attached hydrogens (tertiary/aromatic N) is 4. The van der Waals surface area contributed by atoms with E-state index < -0.39 is 0 Å². The number of Topliss-reactive ketones (excluding diaryl/α,β-unsaturated/α-hetero) is 1. The highest BCUT2D eigenvalue weighted by molar-refractivity contribution is 9.10. The molecule has 0 fully saturated rings. The molecule has 2 aromatic heterocycles. The molecular weight excluding hydrogens is 320 g/mol. The van der Waals surface area contributed by atoms with Gasteiger partial charge in [0.2, 0.25) is 0 Å². The predicted molar refractivity (Wildman–Crippen MR) is 79.8 cm³/mol. The summed E-state index contributed by atoms with van der Waals surface area (Å²) < 4.78 is 2.68. The van der Waals surface area contributed by atoms with Gasteiger partial charge in [-0.15, -0.1) is 0 Å². The van der Waals surface area contributed by atoms with Crippen LogP contribution in [0.15, 0.2) is 10.5 Å². The number of halogens is 1. The molecule has 5 nitrogen and oxygen atoms in total. The topological polar surface area (TPSA) is 60.7 Å². The highest BCUT2D eigenvalue weighted by atomic mass is 79.9. The average Bonchev–Trinajstić information content (AvgIpc) is 2.68. The molecule has 0 aliphatic carbocycles. The Hall–Kier alpha value is -1.56. The normalized spacial score (nSPS) is 10.8. The summed E-state index contributed by atoms with van der Waals surface area (Å²) in [6, 6.07) is 1.79. The summed E-state index contributed by atoms with van der Waals surface area (Å²) in [6.07, 6.45) is 1.13. The summed E-state index contributed by atoms with van der Waals surface area (Å²) in [5.74, 6) is 0.0341. The summed E-state index contributed by atoms with van der Waals surface area (Å²) in [6.45, 7) is 5.67. The van der Waals surface area contributed by atoms with E-state index in [0.717, 1.165) is 28.0 Å². The van der Waals surface area contributed by atoms with Gasteiger partial charge in [-0.1, -0.05) is 6.92 Å². The molecule has 0 aromatic carbocycles. The Labute approximate surface area is 126 Å². The summed E-state index contributed by atoms with van der Waals surface area (Å²) in [7, 11) is 1.86. The van der Waals surface area contributed by atoms with Crippen LogP contribution in [0.4, 0.5) is 0 Å². The lowest BCUT2D eigenvalue weighted by molar-refractivity contribution is 0.0989. The molecule has 2 aromatic rings. The first-order chi connectivity index (χ1) is 9.43. The minimum Gasteiger partial charge on any atom is -0.294 e. The SMILES string of the molecule is CCc1nn(C)c(CC(=O)c2cc(C)nnc2C)c1Br. The van der Waals surface area contributed by atoms with Crippen LogP contribution < -0.4 is 0 Å². The van der Waals surface area contributed by atoms with Gasteiger partial charge < -0.3 is 0 Å². The van der Waals surface area contributed by atoms with Crippen molar-refractivity contribution in [2.24, 2.45) is 7.05 Å². The van der Waals surface area contributed by atoms with Crippen molar-refractivity contribution in [1.29, 1.82) is 0 Å². The van der Waals surface area contributed by atoms with Crippen LogP contribution in [0.1, 0.15) is 40.1 Å². The Balaban J connectivity index is 2.33. The van der Waals surface area contributed by atoms with Crippen molar-refractivity contribution in [2.45, 2.75) is 33.6 Å². The molecular formula is C14H17BrN4O. The molecule has 6 heteroatoms. The zero-order valence-corrected chi connectivity index (χ0v) is 13.7. The van der Waals surface area contributed by atoms with E-state index in [1.807, 2.05) is 20.9 Å². The van der Waals surface area contributed by atoms with Crippen molar-refractivity contribution >= 4 is 21.7 Å². The molecule has 2 rings (SSSR count). The Morgan fingerprint density at radius 1 is 1.35 bits per heavy atom. The van der Waals surface area contributed by atoms with Crippen molar-refractivity contribution in [2.75, 3.05) is 0 Å². The first-order valence-electron chi connectivity index (χ1n) is 6.48. The fourth-order valence-corrected chi connectivity index (χ4v) is 2.85. The third-order valence-corrected chi connectivity index (χ3v) is 4.15. The predicted octanol–water partition coefficient (Wildman–Crippen LogP) is 2.58. The van der Waals surface area contributed by atoms with Gasteiger partial charge in [0.15, 0.2) is 5.78 Å². The number of aryl methyl sites for hydroxylation is 4. The van der Waals surface area contributed by atoms with Crippen LogP contribution in [0.3, 0.4) is 0 Å². The van der Waals surface area contributed by atoms with Crippen molar-refractivity contribution in [3.8, 4) is 0 Å². The van der Waals surface area contributed by atoms with Crippen molar-refractivity contribution in [3.05, 3.63) is 38.9 Å². The largest absolute Gasteiger partial charge is 0.294 e. The molecule has 0 radical (unpaired) electrons. The second-order valence-electron chi connectivity index (χ2n) is 4.77. The van der Waals surface area contributed by atoms with Gasteiger partial charge >= 0.3 is 0 Å². The molecule has 0 N–H and O–H groups in total. The first kappa shape index (κ1) is 14.8. The molecule has 20 heavy (non-hydrogen) atoms. The molecule has 0 saturated carbocycles. The van der Waals surface area contributed by atoms with E-state index in [1.54, 1.807) is 17.7 Å². The van der Waals surface area contributed by atoms with E-state index in [1.165, 1.54) is 0 Å². The molecule has 0 saturated heterocycles. The second-order valence-corrected chi connectivity index (χ2v) is 5.56. The first-order valence-corrected chi connectivity index (χ1v) is 7.27. The van der Waals surface area contributed by atoms with Gasteiger partial charge in [0, 0.05) is 12.6 Å². The second kappa shape index (κ2) is 5.83. The number of hydrogen-bond acceptors (Lipinski definition) is 4. The molecule has 0 spiro atoms. The van der Waals surface area contributed by atoms with Gasteiger partial charge in [-0.25, -0.2) is 0 Å². The van der Waals surface area contributed by atoms with E-state index in [9.17, 15) is 4.79 Å². The zero-order chi connectivity index (χ0) is 14.9. The monoisotopic (exact) mass is 336 g/mol. The lowest BCUT2D eigenvalue weighted by Gasteiger charge is -2.05. The van der Waals surface area contributed by atoms with Gasteiger partial charge in [0.1, 0.15) is 0 Å². The number of carbonyl (C=O) groups excluding carboxylic acids is 1. The fraction of sp³-hybridized carbons (Fsp3) is 0.429. The average molecular weight is 337 g/mol. The van der Waals surface area contributed by atoms with Crippen LogP contribution in [-0.4, -0.2) is 25.8 Å². The minimum absolute atomic E-state index is 0.0341. The maximum absolute atomic E-state index is 12.5. The summed E-state index contributed by atoms with van der Waals surface area (Å²) in [4.78, 5) is 12.5. The molecule has 0 amide bonds. The lowest BCUT2D eigenvalue weighted by Crippen LogP contribution is -2.11. The van der Waals surface area contributed by atoms with Crippen LogP contribution in [-0.2, 0) is 19.9 Å². The van der Waals surface area contributed by atoms with Gasteiger partial charge in [-0.2, -0.15) is 15.3 Å². The van der Waals surface area contributed by atoms with E-state index in [0.29, 0.717) is 17.7 Å². The van der Waals surface area contributed by atoms with Crippen LogP contribution in [0, 0.1) is 13.8 Å². The summed E-state index contributed by atoms with van der Waals surface area (Å²) in [5, 5.41) is 12.4. The number of hydrogen-bond donors (Lipinski definition) is 0. The van der Waals surface area contributed by atoms with Crippen molar-refractivity contribution in [1.82, 2.24) is 20.0 Å². The summed E-state index contributed by atoms with van der Waals surface area (Å²) >= 11 is 3.53. The Morgan fingerprint density at radius 3 is 2.65 bits per heavy atom. The maximum Gasteiger partial charge on any atom is 0.170 e. The third kappa shape index (κ3) is 2.80. The number of rotatable bonds is 4. The number of ketones is 1. The number of aromatic nitrogens is 4. The van der Waals surface area contributed by atoms with Crippen molar-refractivity contribution in [3.63, 3.8) is 0 Å². The van der Waals surface area contributed by atoms with Crippen LogP contribution >= 0.6 is 15.9 Å². The molecule has 106 valence electrons. The van der Waals surface area contributed by atoms with Crippen molar-refractivity contribution < 1.29 is 4.79 Å². The van der Waals surface area contributed by atoms with E-state index in [2.05, 4.69) is 31.2 Å². The van der Waals surface area contributed by atoms with E-state index in [4.69, 9.17) is 0 Å². The van der Waals surface area contributed by atoms with Gasteiger partial charge in [-0.3, -0.25) is 9.48 Å². The standard InChI is InChI=1S/C14H17BrN4O/c1-5-11-14(15)12(19(4)18-11)7-13(20)10-6-8(2)16-17-9(10)3/h6H,5,7H2,1-4H3. The highest BCUT2D eigenvalue weighted by Crippen LogP contribution is 2.23. The quantitative estimate of drug-likeness (QED) is 0.805. The molecule has 0 unspecified atom stereocenters. The Bertz CT molecular complexity index is 663. The fourth-order valence-electron chi connectivity index (χ4n) is 2.09. The third-order valence-electron chi connectivity index (χ3n) is 3.23. The lowest BCUT2D eigenvalue weighted by atomic mass is 10.0. The molecule has 0 aliphatic rings. The smallest absolute Gasteiger partial charge is 0.170 e. The zero-order valence-electron chi connectivity index (χ0n) is 12.1. The van der Waals surface area contributed by atoms with Gasteiger partial charge in [0.05, 0.1) is 33.7 Å². The molecule has 2 heterocycles. The van der Waals surface area contributed by atoms with E-state index in [-0.39, 0.29) is 5.78 Å².